The normalized spacial score (nSPS) is 12.7. The Kier molecular flexibility index (Phi) is 4.62. The summed E-state index contributed by atoms with van der Waals surface area (Å²) in [6.07, 6.45) is -0.528. The van der Waals surface area contributed by atoms with Gasteiger partial charge in [0.15, 0.2) is 9.84 Å². The number of sulfone groups is 1. The molecule has 0 heterocycles. The summed E-state index contributed by atoms with van der Waals surface area (Å²) in [6.45, 7) is 1.27. The van der Waals surface area contributed by atoms with E-state index in [0.717, 1.165) is 12.1 Å². The lowest BCUT2D eigenvalue weighted by molar-refractivity contribution is -0.136. The minimum absolute atomic E-state index is 0.0414. The fraction of sp³-hybridized carbons (Fsp3) is 0.333. The highest BCUT2D eigenvalue weighted by atomic mass is 32.2. The molecule has 0 aliphatic heterocycles. The van der Waals surface area contributed by atoms with Crippen LogP contribution in [0.3, 0.4) is 0 Å². The Hall–Kier alpha value is -1.94. The molecule has 19 heavy (non-hydrogen) atoms. The van der Waals surface area contributed by atoms with Gasteiger partial charge in [0.1, 0.15) is 5.82 Å². The van der Waals surface area contributed by atoms with E-state index in [1.54, 1.807) is 6.07 Å². The number of carbonyl (C=O) groups is 1. The van der Waals surface area contributed by atoms with E-state index in [4.69, 9.17) is 10.4 Å². The zero-order valence-corrected chi connectivity index (χ0v) is 10.9. The number of carboxylic acids is 1. The molecule has 0 saturated carbocycles. The number of hydrogen-bond donors (Lipinski definition) is 1. The van der Waals surface area contributed by atoms with Crippen molar-refractivity contribution in [2.75, 3.05) is 0 Å². The fourth-order valence-corrected chi connectivity index (χ4v) is 2.88. The van der Waals surface area contributed by atoms with Crippen molar-refractivity contribution in [3.63, 3.8) is 0 Å². The Morgan fingerprint density at radius 1 is 1.53 bits per heavy atom. The van der Waals surface area contributed by atoms with E-state index in [0.29, 0.717) is 0 Å². The number of hydrogen-bond acceptors (Lipinski definition) is 4. The second-order valence-corrected chi connectivity index (χ2v) is 6.55. The summed E-state index contributed by atoms with van der Waals surface area (Å²) >= 11 is 0. The Morgan fingerprint density at radius 2 is 2.16 bits per heavy atom. The van der Waals surface area contributed by atoms with Gasteiger partial charge in [-0.05, 0) is 30.7 Å². The van der Waals surface area contributed by atoms with E-state index in [1.807, 2.05) is 0 Å². The first-order chi connectivity index (χ1) is 8.76. The number of halogens is 1. The van der Waals surface area contributed by atoms with E-state index in [9.17, 15) is 17.6 Å². The van der Waals surface area contributed by atoms with Crippen molar-refractivity contribution in [2.45, 2.75) is 24.3 Å². The second kappa shape index (κ2) is 5.80. The first-order valence-corrected chi connectivity index (χ1v) is 7.09. The number of carboxylic acid groups (broad SMARTS) is 1. The molecule has 0 fully saturated rings. The third-order valence-electron chi connectivity index (χ3n) is 2.62. The highest BCUT2D eigenvalue weighted by Gasteiger charge is 2.25. The Morgan fingerprint density at radius 3 is 2.68 bits per heavy atom. The molecule has 0 saturated heterocycles. The van der Waals surface area contributed by atoms with Crippen LogP contribution in [0.25, 0.3) is 0 Å². The molecular weight excluding hydrogens is 273 g/mol. The largest absolute Gasteiger partial charge is 0.481 e. The predicted molar refractivity (Wildman–Crippen MR) is 65.5 cm³/mol. The molecular formula is C12H12FNO4S. The number of nitriles is 1. The van der Waals surface area contributed by atoms with E-state index >= 15 is 0 Å². The van der Waals surface area contributed by atoms with Crippen LogP contribution in [0, 0.1) is 17.1 Å². The van der Waals surface area contributed by atoms with Crippen LogP contribution in [0.5, 0.6) is 0 Å². The van der Waals surface area contributed by atoms with Crippen LogP contribution >= 0.6 is 0 Å². The third-order valence-corrected chi connectivity index (χ3v) is 4.73. The van der Waals surface area contributed by atoms with Gasteiger partial charge in [-0.3, -0.25) is 4.79 Å². The minimum atomic E-state index is -3.76. The Labute approximate surface area is 110 Å². The molecule has 0 spiro atoms. The molecule has 0 aromatic heterocycles. The molecule has 7 heteroatoms. The third kappa shape index (κ3) is 4.03. The molecule has 1 aromatic rings. The lowest BCUT2D eigenvalue weighted by Crippen LogP contribution is -2.23. The van der Waals surface area contributed by atoms with Crippen LogP contribution in [0.2, 0.25) is 0 Å². The van der Waals surface area contributed by atoms with Gasteiger partial charge in [-0.25, -0.2) is 12.8 Å². The van der Waals surface area contributed by atoms with Crippen LogP contribution in [-0.2, 0) is 20.4 Å². The SMILES string of the molecule is CC(CC(=O)O)S(=O)(=O)Cc1cc(F)ccc1C#N. The average molecular weight is 285 g/mol. The molecule has 0 radical (unpaired) electrons. The van der Waals surface area contributed by atoms with Crippen molar-refractivity contribution in [1.29, 1.82) is 5.26 Å². The number of aliphatic carboxylic acids is 1. The summed E-state index contributed by atoms with van der Waals surface area (Å²) in [6, 6.07) is 5.01. The van der Waals surface area contributed by atoms with Gasteiger partial charge < -0.3 is 5.11 Å². The summed E-state index contributed by atoms with van der Waals surface area (Å²) in [5.74, 6) is -2.42. The van der Waals surface area contributed by atoms with Gasteiger partial charge in [0.2, 0.25) is 0 Å². The molecule has 0 amide bonds. The first kappa shape index (κ1) is 15.1. The second-order valence-electron chi connectivity index (χ2n) is 4.13. The summed E-state index contributed by atoms with van der Waals surface area (Å²) < 4.78 is 36.9. The Balaban J connectivity index is 3.05. The van der Waals surface area contributed by atoms with Crippen LogP contribution < -0.4 is 0 Å². The number of nitrogens with zero attached hydrogens (tertiary/aromatic N) is 1. The molecule has 1 unspecified atom stereocenters. The molecule has 1 atom stereocenters. The minimum Gasteiger partial charge on any atom is -0.481 e. The van der Waals surface area contributed by atoms with Gasteiger partial charge in [0.05, 0.1) is 29.1 Å². The molecule has 1 aromatic carbocycles. The summed E-state index contributed by atoms with van der Waals surface area (Å²) in [7, 11) is -3.76. The van der Waals surface area contributed by atoms with Crippen molar-refractivity contribution in [3.8, 4) is 6.07 Å². The van der Waals surface area contributed by atoms with Crippen molar-refractivity contribution >= 4 is 15.8 Å². The Bertz CT molecular complexity index is 634. The lowest BCUT2D eigenvalue weighted by atomic mass is 10.1. The van der Waals surface area contributed by atoms with E-state index in [2.05, 4.69) is 0 Å². The van der Waals surface area contributed by atoms with Crippen molar-refractivity contribution in [3.05, 3.63) is 35.1 Å². The number of benzene rings is 1. The van der Waals surface area contributed by atoms with E-state index in [-0.39, 0.29) is 11.1 Å². The number of rotatable bonds is 5. The summed E-state index contributed by atoms with van der Waals surface area (Å²) in [4.78, 5) is 10.5. The maximum atomic E-state index is 13.1. The highest BCUT2D eigenvalue weighted by Crippen LogP contribution is 2.18. The standard InChI is InChI=1S/C12H12FNO4S/c1-8(4-12(15)16)19(17,18)7-10-5-11(13)3-2-9(10)6-14/h2-3,5,8H,4,7H2,1H3,(H,15,16). The van der Waals surface area contributed by atoms with Crippen molar-refractivity contribution < 1.29 is 22.7 Å². The highest BCUT2D eigenvalue weighted by molar-refractivity contribution is 7.91. The van der Waals surface area contributed by atoms with Gasteiger partial charge in [-0.1, -0.05) is 0 Å². The van der Waals surface area contributed by atoms with Crippen molar-refractivity contribution in [1.82, 2.24) is 0 Å². The van der Waals surface area contributed by atoms with Gasteiger partial charge in [-0.15, -0.1) is 0 Å². The maximum absolute atomic E-state index is 13.1. The smallest absolute Gasteiger partial charge is 0.304 e. The van der Waals surface area contributed by atoms with Crippen LogP contribution in [0.15, 0.2) is 18.2 Å². The summed E-state index contributed by atoms with van der Waals surface area (Å²) in [5, 5.41) is 16.3. The quantitative estimate of drug-likeness (QED) is 0.884. The zero-order chi connectivity index (χ0) is 14.6. The molecule has 1 N–H and O–H groups in total. The van der Waals surface area contributed by atoms with E-state index in [1.165, 1.54) is 13.0 Å². The summed E-state index contributed by atoms with van der Waals surface area (Å²) in [5.41, 5.74) is 0.104. The van der Waals surface area contributed by atoms with Gasteiger partial charge in [0, 0.05) is 0 Å². The first-order valence-electron chi connectivity index (χ1n) is 5.38. The average Bonchev–Trinajstić information content (AvgIpc) is 2.27. The molecule has 1 rings (SSSR count). The molecule has 102 valence electrons. The van der Waals surface area contributed by atoms with Crippen molar-refractivity contribution in [2.24, 2.45) is 0 Å². The van der Waals surface area contributed by atoms with Crippen LogP contribution in [0.1, 0.15) is 24.5 Å². The molecule has 0 bridgehead atoms. The predicted octanol–water partition coefficient (Wildman–Crippen LogP) is 1.48. The fourth-order valence-electron chi connectivity index (χ4n) is 1.52. The van der Waals surface area contributed by atoms with Gasteiger partial charge >= 0.3 is 5.97 Å². The molecule has 5 nitrogen and oxygen atoms in total. The van der Waals surface area contributed by atoms with Gasteiger partial charge in [-0.2, -0.15) is 5.26 Å². The van der Waals surface area contributed by atoms with Crippen LogP contribution in [0.4, 0.5) is 4.39 Å². The van der Waals surface area contributed by atoms with E-state index < -0.39 is 39.0 Å². The maximum Gasteiger partial charge on any atom is 0.304 e. The molecule has 0 aliphatic carbocycles. The monoisotopic (exact) mass is 285 g/mol. The lowest BCUT2D eigenvalue weighted by Gasteiger charge is -2.11. The topological polar surface area (TPSA) is 95.2 Å². The zero-order valence-electron chi connectivity index (χ0n) is 10.1. The van der Waals surface area contributed by atoms with Crippen LogP contribution in [-0.4, -0.2) is 24.7 Å². The molecule has 0 aliphatic rings. The van der Waals surface area contributed by atoms with Gasteiger partial charge in [0.25, 0.3) is 0 Å².